The number of hydrogen-bond acceptors (Lipinski definition) is 3. The van der Waals surface area contributed by atoms with Gasteiger partial charge < -0.3 is 9.88 Å². The molecule has 0 unspecified atom stereocenters. The number of fused-ring (bicyclic) bond motifs is 1. The number of aromatic nitrogens is 2. The molecule has 5 nitrogen and oxygen atoms in total. The fourth-order valence-electron chi connectivity index (χ4n) is 4.21. The Bertz CT molecular complexity index is 1040. The first-order valence-electron chi connectivity index (χ1n) is 10.7. The summed E-state index contributed by atoms with van der Waals surface area (Å²) in [6.07, 6.45) is 2.74. The van der Waals surface area contributed by atoms with E-state index in [4.69, 9.17) is 0 Å². The lowest BCUT2D eigenvalue weighted by atomic mass is 9.99. The zero-order chi connectivity index (χ0) is 21.3. The van der Waals surface area contributed by atoms with Crippen LogP contribution in [0.15, 0.2) is 54.9 Å². The minimum absolute atomic E-state index is 0.00276. The minimum atomic E-state index is -0.376. The molecule has 0 fully saturated rings. The third-order valence-electron chi connectivity index (χ3n) is 5.86. The summed E-state index contributed by atoms with van der Waals surface area (Å²) in [6, 6.07) is 16.4. The Morgan fingerprint density at radius 1 is 1.17 bits per heavy atom. The van der Waals surface area contributed by atoms with Crippen molar-refractivity contribution in [3.8, 4) is 0 Å². The number of anilines is 1. The number of imidazole rings is 1. The zero-order valence-electron chi connectivity index (χ0n) is 18.2. The molecule has 5 heteroatoms. The number of amides is 1. The van der Waals surface area contributed by atoms with E-state index in [9.17, 15) is 4.79 Å². The van der Waals surface area contributed by atoms with E-state index in [1.165, 1.54) is 5.56 Å². The van der Waals surface area contributed by atoms with Gasteiger partial charge in [0.1, 0.15) is 6.04 Å². The molecule has 1 N–H and O–H groups in total. The van der Waals surface area contributed by atoms with Gasteiger partial charge in [-0.15, -0.1) is 0 Å². The van der Waals surface area contributed by atoms with Crippen LogP contribution in [0.25, 0.3) is 0 Å². The van der Waals surface area contributed by atoms with Gasteiger partial charge in [-0.1, -0.05) is 42.5 Å². The number of nitrogens with one attached hydrogen (secondary N) is 1. The topological polar surface area (TPSA) is 50.2 Å². The molecule has 1 aromatic heterocycles. The Morgan fingerprint density at radius 2 is 1.93 bits per heavy atom. The van der Waals surface area contributed by atoms with Crippen LogP contribution in [0.1, 0.15) is 54.0 Å². The highest BCUT2D eigenvalue weighted by molar-refractivity contribution is 5.96. The Labute approximate surface area is 178 Å². The summed E-state index contributed by atoms with van der Waals surface area (Å²) in [5.74, 6) is 0.00276. The lowest BCUT2D eigenvalue weighted by molar-refractivity contribution is -0.122. The highest BCUT2D eigenvalue weighted by atomic mass is 16.2. The zero-order valence-corrected chi connectivity index (χ0v) is 18.2. The minimum Gasteiger partial charge on any atom is -0.330 e. The first-order valence-corrected chi connectivity index (χ1v) is 10.7. The molecule has 156 valence electrons. The molecule has 0 saturated heterocycles. The van der Waals surface area contributed by atoms with Crippen molar-refractivity contribution in [2.45, 2.75) is 52.7 Å². The van der Waals surface area contributed by atoms with E-state index in [1.54, 1.807) is 0 Å². The molecule has 0 spiro atoms. The first-order chi connectivity index (χ1) is 14.4. The van der Waals surface area contributed by atoms with Gasteiger partial charge in [-0.2, -0.15) is 0 Å². The number of rotatable bonds is 5. The average molecular weight is 403 g/mol. The van der Waals surface area contributed by atoms with Gasteiger partial charge in [-0.25, -0.2) is 4.98 Å². The smallest absolute Gasteiger partial charge is 0.247 e. The van der Waals surface area contributed by atoms with E-state index in [0.717, 1.165) is 47.7 Å². The maximum absolute atomic E-state index is 13.7. The SMILES string of the molecule is Cc1ccc(C)c(NC(=O)[C@@H]2c3c(ncn3C(C)C)CCN2Cc2ccccc2)c1. The predicted molar refractivity (Wildman–Crippen MR) is 120 cm³/mol. The first kappa shape index (κ1) is 20.4. The summed E-state index contributed by atoms with van der Waals surface area (Å²) >= 11 is 0. The largest absolute Gasteiger partial charge is 0.330 e. The van der Waals surface area contributed by atoms with Crippen molar-refractivity contribution in [1.82, 2.24) is 14.5 Å². The summed E-state index contributed by atoms with van der Waals surface area (Å²) in [7, 11) is 0. The lowest BCUT2D eigenvalue weighted by Crippen LogP contribution is -2.42. The average Bonchev–Trinajstić information content (AvgIpc) is 3.15. The fourth-order valence-corrected chi connectivity index (χ4v) is 4.21. The molecule has 0 bridgehead atoms. The van der Waals surface area contributed by atoms with Crippen molar-refractivity contribution < 1.29 is 4.79 Å². The second-order valence-electron chi connectivity index (χ2n) is 8.49. The number of hydrogen-bond donors (Lipinski definition) is 1. The molecule has 30 heavy (non-hydrogen) atoms. The van der Waals surface area contributed by atoms with Crippen molar-refractivity contribution >= 4 is 11.6 Å². The van der Waals surface area contributed by atoms with E-state index in [-0.39, 0.29) is 18.0 Å². The van der Waals surface area contributed by atoms with Gasteiger partial charge in [0.05, 0.1) is 17.7 Å². The molecule has 3 aromatic rings. The van der Waals surface area contributed by atoms with Crippen molar-refractivity contribution in [1.29, 1.82) is 0 Å². The van der Waals surface area contributed by atoms with Crippen molar-refractivity contribution in [3.05, 3.63) is 82.9 Å². The standard InChI is InChI=1S/C25H30N4O/c1-17(2)29-16-26-21-12-13-28(15-20-8-6-5-7-9-20)24(23(21)29)25(30)27-22-14-18(3)10-11-19(22)4/h5-11,14,16-17,24H,12-13,15H2,1-4H3,(H,27,30)/t24-/m0/s1. The van der Waals surface area contributed by atoms with Gasteiger partial charge in [0.25, 0.3) is 0 Å². The van der Waals surface area contributed by atoms with Gasteiger partial charge in [-0.3, -0.25) is 9.69 Å². The van der Waals surface area contributed by atoms with Crippen LogP contribution in [0.3, 0.4) is 0 Å². The number of nitrogens with zero attached hydrogens (tertiary/aromatic N) is 3. The molecular formula is C25H30N4O. The molecule has 4 rings (SSSR count). The Hall–Kier alpha value is -2.92. The highest BCUT2D eigenvalue weighted by Gasteiger charge is 2.37. The number of aryl methyl sites for hydroxylation is 2. The summed E-state index contributed by atoms with van der Waals surface area (Å²) < 4.78 is 2.15. The molecule has 0 saturated carbocycles. The van der Waals surface area contributed by atoms with E-state index >= 15 is 0 Å². The van der Waals surface area contributed by atoms with Crippen LogP contribution in [0, 0.1) is 13.8 Å². The van der Waals surface area contributed by atoms with Crippen molar-refractivity contribution in [2.75, 3.05) is 11.9 Å². The molecule has 1 atom stereocenters. The van der Waals surface area contributed by atoms with E-state index in [1.807, 2.05) is 44.4 Å². The van der Waals surface area contributed by atoms with Crippen LogP contribution in [-0.4, -0.2) is 26.9 Å². The quantitative estimate of drug-likeness (QED) is 0.666. The molecule has 1 aliphatic heterocycles. The summed E-state index contributed by atoms with van der Waals surface area (Å²) in [6.45, 7) is 9.89. The van der Waals surface area contributed by atoms with Crippen LogP contribution in [0.2, 0.25) is 0 Å². The maximum atomic E-state index is 13.7. The van der Waals surface area contributed by atoms with Crippen molar-refractivity contribution in [2.24, 2.45) is 0 Å². The van der Waals surface area contributed by atoms with Gasteiger partial charge in [0.15, 0.2) is 0 Å². The lowest BCUT2D eigenvalue weighted by Gasteiger charge is -2.36. The Kier molecular flexibility index (Phi) is 5.73. The van der Waals surface area contributed by atoms with Crippen LogP contribution < -0.4 is 5.32 Å². The van der Waals surface area contributed by atoms with E-state index in [2.05, 4.69) is 57.9 Å². The molecule has 2 heterocycles. The maximum Gasteiger partial charge on any atom is 0.247 e. The predicted octanol–water partition coefficient (Wildman–Crippen LogP) is 4.82. The third-order valence-corrected chi connectivity index (χ3v) is 5.86. The molecule has 1 aliphatic rings. The number of carbonyl (C=O) groups excluding carboxylic acids is 1. The summed E-state index contributed by atoms with van der Waals surface area (Å²) in [4.78, 5) is 20.6. The number of benzene rings is 2. The van der Waals surface area contributed by atoms with Gasteiger partial charge in [0, 0.05) is 31.2 Å². The van der Waals surface area contributed by atoms with Gasteiger partial charge in [-0.05, 0) is 50.5 Å². The fraction of sp³-hybridized carbons (Fsp3) is 0.360. The van der Waals surface area contributed by atoms with Crippen LogP contribution in [0.5, 0.6) is 0 Å². The van der Waals surface area contributed by atoms with E-state index in [0.29, 0.717) is 0 Å². The van der Waals surface area contributed by atoms with Crippen LogP contribution in [0.4, 0.5) is 5.69 Å². The van der Waals surface area contributed by atoms with E-state index < -0.39 is 0 Å². The van der Waals surface area contributed by atoms with Crippen LogP contribution in [-0.2, 0) is 17.8 Å². The van der Waals surface area contributed by atoms with Crippen molar-refractivity contribution in [3.63, 3.8) is 0 Å². The second kappa shape index (κ2) is 8.44. The molecule has 1 amide bonds. The van der Waals surface area contributed by atoms with Gasteiger partial charge >= 0.3 is 0 Å². The van der Waals surface area contributed by atoms with Crippen LogP contribution >= 0.6 is 0 Å². The summed E-state index contributed by atoms with van der Waals surface area (Å²) in [5, 5.41) is 3.21. The summed E-state index contributed by atoms with van der Waals surface area (Å²) in [5.41, 5.74) is 6.35. The second-order valence-corrected chi connectivity index (χ2v) is 8.49. The highest BCUT2D eigenvalue weighted by Crippen LogP contribution is 2.33. The third kappa shape index (κ3) is 4.03. The number of carbonyl (C=O) groups is 1. The molecule has 2 aromatic carbocycles. The molecule has 0 aliphatic carbocycles. The Balaban J connectivity index is 1.71. The molecule has 0 radical (unpaired) electrons. The normalized spacial score (nSPS) is 16.5. The van der Waals surface area contributed by atoms with Gasteiger partial charge in [0.2, 0.25) is 5.91 Å². The monoisotopic (exact) mass is 402 g/mol. The Morgan fingerprint density at radius 3 is 2.67 bits per heavy atom. The molecular weight excluding hydrogens is 372 g/mol.